The minimum atomic E-state index is 0.323. The third-order valence-corrected chi connectivity index (χ3v) is 4.06. The van der Waals surface area contributed by atoms with Gasteiger partial charge < -0.3 is 5.32 Å². The molecular weight excluding hydrogens is 266 g/mol. The minimum Gasteiger partial charge on any atom is -0.308 e. The fraction of sp³-hybridized carbons (Fsp3) is 0.438. The molecule has 0 aliphatic rings. The monoisotopic (exact) mass is 289 g/mol. The van der Waals surface area contributed by atoms with E-state index in [1.807, 2.05) is 40.8 Å². The molecule has 3 nitrogen and oxygen atoms in total. The van der Waals surface area contributed by atoms with Gasteiger partial charge in [-0.2, -0.15) is 16.9 Å². The first-order valence-electron chi connectivity index (χ1n) is 7.05. The number of para-hydroxylation sites is 1. The van der Waals surface area contributed by atoms with Crippen molar-refractivity contribution in [2.45, 2.75) is 32.4 Å². The number of nitrogens with one attached hydrogen (secondary N) is 1. The molecular formula is C16H23N3S. The maximum atomic E-state index is 4.45. The summed E-state index contributed by atoms with van der Waals surface area (Å²) < 4.78 is 1.93. The second-order valence-electron chi connectivity index (χ2n) is 5.12. The molecule has 2 aromatic rings. The van der Waals surface area contributed by atoms with Crippen molar-refractivity contribution < 1.29 is 0 Å². The SMILES string of the molecule is CSCCC(C)NC(C)c1cnn(-c2ccccc2)c1. The fourth-order valence-corrected chi connectivity index (χ4v) is 2.77. The molecule has 2 rings (SSSR count). The zero-order chi connectivity index (χ0) is 14.4. The maximum Gasteiger partial charge on any atom is 0.0645 e. The van der Waals surface area contributed by atoms with Crippen molar-refractivity contribution in [1.82, 2.24) is 15.1 Å². The van der Waals surface area contributed by atoms with Gasteiger partial charge in [0, 0.05) is 23.8 Å². The van der Waals surface area contributed by atoms with Crippen LogP contribution >= 0.6 is 11.8 Å². The molecule has 2 atom stereocenters. The fourth-order valence-electron chi connectivity index (χ4n) is 2.18. The summed E-state index contributed by atoms with van der Waals surface area (Å²) in [6.45, 7) is 4.44. The van der Waals surface area contributed by atoms with E-state index in [4.69, 9.17) is 0 Å². The molecule has 1 aromatic heterocycles. The quantitative estimate of drug-likeness (QED) is 0.843. The van der Waals surface area contributed by atoms with Gasteiger partial charge in [0.05, 0.1) is 11.9 Å². The van der Waals surface area contributed by atoms with E-state index in [0.717, 1.165) is 5.69 Å². The standard InChI is InChI=1S/C16H23N3S/c1-13(9-10-20-3)18-14(2)15-11-17-19(12-15)16-7-5-4-6-8-16/h4-8,11-14,18H,9-10H2,1-3H3. The van der Waals surface area contributed by atoms with E-state index in [-0.39, 0.29) is 0 Å². The van der Waals surface area contributed by atoms with E-state index in [2.05, 4.69) is 48.8 Å². The van der Waals surface area contributed by atoms with Crippen LogP contribution in [0.2, 0.25) is 0 Å². The number of nitrogens with zero attached hydrogens (tertiary/aromatic N) is 2. The number of thioether (sulfide) groups is 1. The molecule has 108 valence electrons. The van der Waals surface area contributed by atoms with Crippen LogP contribution in [0.25, 0.3) is 5.69 Å². The number of benzene rings is 1. The first-order valence-corrected chi connectivity index (χ1v) is 8.45. The number of hydrogen-bond acceptors (Lipinski definition) is 3. The predicted octanol–water partition coefficient (Wildman–Crippen LogP) is 3.66. The Kier molecular flexibility index (Phi) is 5.68. The minimum absolute atomic E-state index is 0.323. The highest BCUT2D eigenvalue weighted by Gasteiger charge is 2.11. The maximum absolute atomic E-state index is 4.45. The van der Waals surface area contributed by atoms with E-state index in [0.29, 0.717) is 12.1 Å². The van der Waals surface area contributed by atoms with Crippen LogP contribution in [0.3, 0.4) is 0 Å². The Labute approximate surface area is 125 Å². The smallest absolute Gasteiger partial charge is 0.0645 e. The lowest BCUT2D eigenvalue weighted by Crippen LogP contribution is -2.29. The summed E-state index contributed by atoms with van der Waals surface area (Å²) in [7, 11) is 0. The summed E-state index contributed by atoms with van der Waals surface area (Å²) >= 11 is 1.90. The molecule has 4 heteroatoms. The molecule has 0 spiro atoms. The number of hydrogen-bond donors (Lipinski definition) is 1. The van der Waals surface area contributed by atoms with Crippen LogP contribution in [0.4, 0.5) is 0 Å². The third kappa shape index (κ3) is 4.12. The molecule has 0 saturated heterocycles. The van der Waals surface area contributed by atoms with Crippen LogP contribution in [0.1, 0.15) is 31.9 Å². The zero-order valence-electron chi connectivity index (χ0n) is 12.4. The van der Waals surface area contributed by atoms with Gasteiger partial charge in [0.25, 0.3) is 0 Å². The largest absolute Gasteiger partial charge is 0.308 e. The second kappa shape index (κ2) is 7.50. The molecule has 2 unspecified atom stereocenters. The molecule has 0 aliphatic heterocycles. The Hall–Kier alpha value is -1.26. The highest BCUT2D eigenvalue weighted by atomic mass is 32.2. The van der Waals surface area contributed by atoms with Crippen molar-refractivity contribution in [3.05, 3.63) is 48.3 Å². The van der Waals surface area contributed by atoms with E-state index < -0.39 is 0 Å². The van der Waals surface area contributed by atoms with Gasteiger partial charge in [-0.25, -0.2) is 4.68 Å². The van der Waals surface area contributed by atoms with Crippen LogP contribution in [-0.4, -0.2) is 27.8 Å². The van der Waals surface area contributed by atoms with Crippen LogP contribution in [-0.2, 0) is 0 Å². The third-order valence-electron chi connectivity index (χ3n) is 3.41. The van der Waals surface area contributed by atoms with Crippen LogP contribution in [0.5, 0.6) is 0 Å². The van der Waals surface area contributed by atoms with Crippen molar-refractivity contribution in [2.24, 2.45) is 0 Å². The molecule has 0 bridgehead atoms. The molecule has 0 fully saturated rings. The van der Waals surface area contributed by atoms with Gasteiger partial charge >= 0.3 is 0 Å². The van der Waals surface area contributed by atoms with Crippen molar-refractivity contribution in [2.75, 3.05) is 12.0 Å². The van der Waals surface area contributed by atoms with Crippen molar-refractivity contribution in [3.63, 3.8) is 0 Å². The second-order valence-corrected chi connectivity index (χ2v) is 6.11. The average molecular weight is 289 g/mol. The van der Waals surface area contributed by atoms with Gasteiger partial charge in [0.15, 0.2) is 0 Å². The lowest BCUT2D eigenvalue weighted by Gasteiger charge is -2.18. The van der Waals surface area contributed by atoms with E-state index in [9.17, 15) is 0 Å². The summed E-state index contributed by atoms with van der Waals surface area (Å²) in [5.41, 5.74) is 2.33. The van der Waals surface area contributed by atoms with Crippen LogP contribution in [0.15, 0.2) is 42.7 Å². The van der Waals surface area contributed by atoms with Gasteiger partial charge in [-0.05, 0) is 44.4 Å². The normalized spacial score (nSPS) is 14.2. The Balaban J connectivity index is 1.98. The average Bonchev–Trinajstić information content (AvgIpc) is 2.96. The summed E-state index contributed by atoms with van der Waals surface area (Å²) in [4.78, 5) is 0. The lowest BCUT2D eigenvalue weighted by atomic mass is 10.1. The van der Waals surface area contributed by atoms with E-state index >= 15 is 0 Å². The van der Waals surface area contributed by atoms with Gasteiger partial charge in [-0.15, -0.1) is 0 Å². The van der Waals surface area contributed by atoms with Crippen LogP contribution in [0, 0.1) is 0 Å². The first kappa shape index (κ1) is 15.1. The van der Waals surface area contributed by atoms with Gasteiger partial charge in [0.2, 0.25) is 0 Å². The van der Waals surface area contributed by atoms with Gasteiger partial charge in [-0.1, -0.05) is 18.2 Å². The Morgan fingerprint density at radius 3 is 2.70 bits per heavy atom. The number of aromatic nitrogens is 2. The topological polar surface area (TPSA) is 29.9 Å². The molecule has 20 heavy (non-hydrogen) atoms. The molecule has 0 radical (unpaired) electrons. The lowest BCUT2D eigenvalue weighted by molar-refractivity contribution is 0.471. The highest BCUT2D eigenvalue weighted by molar-refractivity contribution is 7.98. The number of rotatable bonds is 7. The van der Waals surface area contributed by atoms with E-state index in [1.54, 1.807) is 0 Å². The summed E-state index contributed by atoms with van der Waals surface area (Å²) in [6.07, 6.45) is 7.40. The predicted molar refractivity (Wildman–Crippen MR) is 87.6 cm³/mol. The highest BCUT2D eigenvalue weighted by Crippen LogP contribution is 2.15. The summed E-state index contributed by atoms with van der Waals surface area (Å²) in [6, 6.07) is 11.1. The molecule has 0 aliphatic carbocycles. The van der Waals surface area contributed by atoms with Crippen molar-refractivity contribution >= 4 is 11.8 Å². The summed E-state index contributed by atoms with van der Waals surface area (Å²) in [5.74, 6) is 1.20. The Bertz CT molecular complexity index is 509. The van der Waals surface area contributed by atoms with Gasteiger partial charge in [-0.3, -0.25) is 0 Å². The summed E-state index contributed by atoms with van der Waals surface area (Å²) in [5, 5.41) is 8.08. The Morgan fingerprint density at radius 1 is 1.25 bits per heavy atom. The molecule has 1 aromatic carbocycles. The van der Waals surface area contributed by atoms with Crippen molar-refractivity contribution in [1.29, 1.82) is 0 Å². The van der Waals surface area contributed by atoms with E-state index in [1.165, 1.54) is 17.7 Å². The van der Waals surface area contributed by atoms with Gasteiger partial charge in [0.1, 0.15) is 0 Å². The van der Waals surface area contributed by atoms with Crippen molar-refractivity contribution in [3.8, 4) is 5.69 Å². The molecule has 0 saturated carbocycles. The van der Waals surface area contributed by atoms with Crippen LogP contribution < -0.4 is 5.32 Å². The molecule has 0 amide bonds. The molecule has 1 N–H and O–H groups in total. The molecule has 1 heterocycles. The zero-order valence-corrected chi connectivity index (χ0v) is 13.2. The first-order chi connectivity index (χ1) is 9.70. The Morgan fingerprint density at radius 2 is 2.00 bits per heavy atom.